The predicted molar refractivity (Wildman–Crippen MR) is 133 cm³/mol. The van der Waals surface area contributed by atoms with E-state index in [1.165, 1.54) is 32.2 Å². The van der Waals surface area contributed by atoms with Gasteiger partial charge in [-0.05, 0) is 71.5 Å². The molecule has 41 heavy (non-hydrogen) atoms. The molecule has 3 aromatic rings. The predicted octanol–water partition coefficient (Wildman–Crippen LogP) is 8.88. The van der Waals surface area contributed by atoms with Gasteiger partial charge < -0.3 is 9.47 Å². The van der Waals surface area contributed by atoms with Crippen LogP contribution in [0.3, 0.4) is 0 Å². The molecule has 1 amide bonds. The lowest BCUT2D eigenvalue weighted by molar-refractivity contribution is -0.143. The standard InChI is InChI=1S/C29H25F8NO3/c1-14(2)21-11-23(25(40-4)12-24(21)31)22-10-20(30)6-5-16(22)13-38-15(3)26(41-27(38)39)17-7-18(28(32,33)34)9-19(8-17)29(35,36)37/h5-12,14-15,26H,13H2,1-4H3/t15?,26-/m0/s1. The first-order valence-electron chi connectivity index (χ1n) is 12.4. The van der Waals surface area contributed by atoms with Crippen LogP contribution in [0, 0.1) is 11.6 Å². The second-order valence-corrected chi connectivity index (χ2v) is 10.0. The first kappa shape index (κ1) is 30.1. The fourth-order valence-electron chi connectivity index (χ4n) is 4.82. The van der Waals surface area contributed by atoms with Crippen LogP contribution in [0.1, 0.15) is 60.6 Å². The molecule has 1 saturated heterocycles. The normalized spacial score (nSPS) is 17.8. The topological polar surface area (TPSA) is 38.8 Å². The van der Waals surface area contributed by atoms with Crippen molar-refractivity contribution in [1.82, 2.24) is 4.90 Å². The zero-order valence-corrected chi connectivity index (χ0v) is 22.3. The van der Waals surface area contributed by atoms with E-state index in [1.54, 1.807) is 13.8 Å². The molecule has 12 heteroatoms. The highest BCUT2D eigenvalue weighted by molar-refractivity contribution is 5.76. The monoisotopic (exact) mass is 587 g/mol. The molecule has 1 aliphatic rings. The summed E-state index contributed by atoms with van der Waals surface area (Å²) >= 11 is 0. The molecule has 4 rings (SSSR count). The second kappa shape index (κ2) is 10.9. The van der Waals surface area contributed by atoms with Gasteiger partial charge in [-0.15, -0.1) is 0 Å². The van der Waals surface area contributed by atoms with E-state index in [9.17, 15) is 39.9 Å². The Hall–Kier alpha value is -3.83. The SMILES string of the molecule is COc1cc(F)c(C(C)C)cc1-c1cc(F)ccc1CN1C(=O)O[C@H](c2cc(C(F)(F)F)cc(C(F)(F)F)c2)C1C. The molecule has 0 spiro atoms. The molecule has 1 unspecified atom stereocenters. The van der Waals surface area contributed by atoms with Gasteiger partial charge in [0.1, 0.15) is 23.5 Å². The Morgan fingerprint density at radius 3 is 2.05 bits per heavy atom. The molecule has 0 bridgehead atoms. The average molecular weight is 588 g/mol. The highest BCUT2D eigenvalue weighted by Crippen LogP contribution is 2.42. The third-order valence-electron chi connectivity index (χ3n) is 6.97. The maximum Gasteiger partial charge on any atom is 0.416 e. The maximum absolute atomic E-state index is 14.6. The third-order valence-corrected chi connectivity index (χ3v) is 6.97. The van der Waals surface area contributed by atoms with Crippen LogP contribution >= 0.6 is 0 Å². The van der Waals surface area contributed by atoms with Crippen LogP contribution in [0.4, 0.5) is 39.9 Å². The highest BCUT2D eigenvalue weighted by atomic mass is 19.4. The summed E-state index contributed by atoms with van der Waals surface area (Å²) in [5.74, 6) is -1.31. The van der Waals surface area contributed by atoms with E-state index < -0.39 is 58.9 Å². The fourth-order valence-corrected chi connectivity index (χ4v) is 4.82. The number of carbonyl (C=O) groups is 1. The van der Waals surface area contributed by atoms with E-state index in [0.717, 1.165) is 17.0 Å². The molecule has 220 valence electrons. The summed E-state index contributed by atoms with van der Waals surface area (Å²) in [5.41, 5.74) is -2.27. The maximum atomic E-state index is 14.6. The van der Waals surface area contributed by atoms with Gasteiger partial charge >= 0.3 is 18.4 Å². The zero-order chi connectivity index (χ0) is 30.4. The minimum Gasteiger partial charge on any atom is -0.496 e. The van der Waals surface area contributed by atoms with Crippen LogP contribution in [-0.2, 0) is 23.6 Å². The summed E-state index contributed by atoms with van der Waals surface area (Å²) in [6.45, 7) is 4.71. The number of hydrogen-bond donors (Lipinski definition) is 0. The van der Waals surface area contributed by atoms with E-state index in [1.807, 2.05) is 0 Å². The first-order valence-corrected chi connectivity index (χ1v) is 12.4. The number of carbonyl (C=O) groups excluding carboxylic acids is 1. The van der Waals surface area contributed by atoms with Crippen LogP contribution < -0.4 is 4.74 Å². The number of methoxy groups -OCH3 is 1. The van der Waals surface area contributed by atoms with Gasteiger partial charge in [-0.1, -0.05) is 19.9 Å². The minimum absolute atomic E-state index is 0.00496. The number of cyclic esters (lactones) is 1. The van der Waals surface area contributed by atoms with Crippen molar-refractivity contribution in [3.63, 3.8) is 0 Å². The number of halogens is 8. The quantitative estimate of drug-likeness (QED) is 0.271. The second-order valence-electron chi connectivity index (χ2n) is 10.0. The van der Waals surface area contributed by atoms with Crippen LogP contribution in [0.25, 0.3) is 11.1 Å². The number of ether oxygens (including phenoxy) is 2. The molecule has 0 aromatic heterocycles. The number of rotatable bonds is 6. The molecule has 1 aliphatic heterocycles. The summed E-state index contributed by atoms with van der Waals surface area (Å²) in [6, 6.07) is 6.37. The largest absolute Gasteiger partial charge is 0.496 e. The molecule has 2 atom stereocenters. The van der Waals surface area contributed by atoms with Crippen molar-refractivity contribution in [2.45, 2.75) is 57.7 Å². The number of amides is 1. The molecule has 4 nitrogen and oxygen atoms in total. The van der Waals surface area contributed by atoms with E-state index in [4.69, 9.17) is 9.47 Å². The van der Waals surface area contributed by atoms with Crippen molar-refractivity contribution in [3.8, 4) is 16.9 Å². The van der Waals surface area contributed by atoms with Gasteiger partial charge in [0.2, 0.25) is 0 Å². The lowest BCUT2D eigenvalue weighted by atomic mass is 9.92. The van der Waals surface area contributed by atoms with Crippen molar-refractivity contribution >= 4 is 6.09 Å². The molecular formula is C29H25F8NO3. The zero-order valence-electron chi connectivity index (χ0n) is 22.3. The molecular weight excluding hydrogens is 562 g/mol. The van der Waals surface area contributed by atoms with Gasteiger partial charge in [-0.2, -0.15) is 26.3 Å². The van der Waals surface area contributed by atoms with Gasteiger partial charge in [0.25, 0.3) is 0 Å². The van der Waals surface area contributed by atoms with Crippen LogP contribution in [0.5, 0.6) is 5.75 Å². The number of alkyl halides is 6. The summed E-state index contributed by atoms with van der Waals surface area (Å²) < 4.78 is 120. The third kappa shape index (κ3) is 6.11. The molecule has 0 saturated carbocycles. The lowest BCUT2D eigenvalue weighted by Crippen LogP contribution is -2.31. The molecule has 1 fully saturated rings. The summed E-state index contributed by atoms with van der Waals surface area (Å²) in [5, 5.41) is 0. The smallest absolute Gasteiger partial charge is 0.416 e. The first-order chi connectivity index (χ1) is 19.0. The minimum atomic E-state index is -5.08. The molecule has 0 N–H and O–H groups in total. The number of hydrogen-bond acceptors (Lipinski definition) is 3. The van der Waals surface area contributed by atoms with Crippen LogP contribution in [0.15, 0.2) is 48.5 Å². The van der Waals surface area contributed by atoms with Gasteiger partial charge in [0.05, 0.1) is 30.8 Å². The van der Waals surface area contributed by atoms with E-state index in [-0.39, 0.29) is 29.8 Å². The Balaban J connectivity index is 1.75. The van der Waals surface area contributed by atoms with Crippen molar-refractivity contribution < 1.29 is 49.4 Å². The molecule has 0 aliphatic carbocycles. The van der Waals surface area contributed by atoms with Gasteiger partial charge in [0, 0.05) is 11.6 Å². The highest BCUT2D eigenvalue weighted by Gasteiger charge is 2.43. The van der Waals surface area contributed by atoms with Gasteiger partial charge in [-0.25, -0.2) is 13.6 Å². The lowest BCUT2D eigenvalue weighted by Gasteiger charge is -2.24. The van der Waals surface area contributed by atoms with Crippen molar-refractivity contribution in [3.05, 3.63) is 88.0 Å². The van der Waals surface area contributed by atoms with Crippen molar-refractivity contribution in [1.29, 1.82) is 0 Å². The van der Waals surface area contributed by atoms with Crippen LogP contribution in [-0.4, -0.2) is 24.1 Å². The number of nitrogens with zero attached hydrogens (tertiary/aromatic N) is 1. The molecule has 1 heterocycles. The summed E-state index contributed by atoms with van der Waals surface area (Å²) in [7, 11) is 1.31. The molecule has 3 aromatic carbocycles. The Morgan fingerprint density at radius 2 is 1.51 bits per heavy atom. The average Bonchev–Trinajstić information content (AvgIpc) is 3.16. The van der Waals surface area contributed by atoms with Gasteiger partial charge in [0.15, 0.2) is 0 Å². The fraction of sp³-hybridized carbons (Fsp3) is 0.345. The Kier molecular flexibility index (Phi) is 7.99. The summed E-state index contributed by atoms with van der Waals surface area (Å²) in [4.78, 5) is 14.0. The van der Waals surface area contributed by atoms with Crippen molar-refractivity contribution in [2.75, 3.05) is 7.11 Å². The van der Waals surface area contributed by atoms with E-state index in [2.05, 4.69) is 0 Å². The Bertz CT molecular complexity index is 1430. The van der Waals surface area contributed by atoms with Crippen molar-refractivity contribution in [2.24, 2.45) is 0 Å². The van der Waals surface area contributed by atoms with Gasteiger partial charge in [-0.3, -0.25) is 4.90 Å². The van der Waals surface area contributed by atoms with E-state index in [0.29, 0.717) is 28.8 Å². The van der Waals surface area contributed by atoms with E-state index >= 15 is 0 Å². The number of benzene rings is 3. The molecule has 0 radical (unpaired) electrons. The van der Waals surface area contributed by atoms with Crippen LogP contribution in [0.2, 0.25) is 0 Å². The Morgan fingerprint density at radius 1 is 0.902 bits per heavy atom. The Labute approximate surface area is 230 Å². The summed E-state index contributed by atoms with van der Waals surface area (Å²) in [6.07, 6.45) is -12.6.